The lowest BCUT2D eigenvalue weighted by Gasteiger charge is -2.26. The van der Waals surface area contributed by atoms with Crippen molar-refractivity contribution in [3.05, 3.63) is 528 Å². The van der Waals surface area contributed by atoms with E-state index in [0.29, 0.717) is 0 Å². The van der Waals surface area contributed by atoms with Crippen LogP contribution in [0.25, 0.3) is 240 Å². The molecule has 0 N–H and O–H groups in total. The van der Waals surface area contributed by atoms with Gasteiger partial charge in [0, 0.05) is 114 Å². The molecule has 660 valence electrons. The van der Waals surface area contributed by atoms with Gasteiger partial charge in [-0.3, -0.25) is 0 Å². The number of rotatable bonds is 13. The van der Waals surface area contributed by atoms with Gasteiger partial charge in [0.05, 0.1) is 44.1 Å². The second-order valence-corrected chi connectivity index (χ2v) is 37.7. The number of fused-ring (bicyclic) bond motifs is 21. The van der Waals surface area contributed by atoms with Crippen molar-refractivity contribution in [2.45, 2.75) is 0 Å². The molecule has 6 heterocycles. The smallest absolute Gasteiger partial charge is 0.135 e. The van der Waals surface area contributed by atoms with Gasteiger partial charge in [-0.1, -0.05) is 334 Å². The average molecular weight is 1820 g/mol. The summed E-state index contributed by atoms with van der Waals surface area (Å²) in [7, 11) is 0. The average Bonchev–Trinajstić information content (AvgIpc) is 1.57. The molecule has 23 aromatic carbocycles. The first kappa shape index (κ1) is 82.1. The van der Waals surface area contributed by atoms with Gasteiger partial charge in [0.2, 0.25) is 0 Å². The third kappa shape index (κ3) is 14.5. The number of furan rings is 1. The number of aromatic nitrogens is 4. The van der Waals surface area contributed by atoms with Crippen molar-refractivity contribution in [1.82, 2.24) is 18.3 Å². The fraction of sp³-hybridized carbons (Fsp3) is 0. The van der Waals surface area contributed by atoms with Gasteiger partial charge in [-0.2, -0.15) is 0 Å². The van der Waals surface area contributed by atoms with Crippen LogP contribution in [0.2, 0.25) is 0 Å². The fourth-order valence-electron chi connectivity index (χ4n) is 21.7. The fourth-order valence-corrected chi connectivity index (χ4v) is 22.8. The first-order valence-electron chi connectivity index (χ1n) is 48.2. The molecule has 0 radical (unpaired) electrons. The molecule has 0 amide bonds. The molecule has 0 aliphatic rings. The van der Waals surface area contributed by atoms with E-state index in [1.165, 1.54) is 207 Å². The van der Waals surface area contributed by atoms with Crippen LogP contribution in [0.3, 0.4) is 0 Å². The molecule has 6 aromatic heterocycles. The lowest BCUT2D eigenvalue weighted by atomic mass is 9.97. The zero-order valence-corrected chi connectivity index (χ0v) is 77.6. The molecule has 6 nitrogen and oxygen atoms in total. The highest BCUT2D eigenvalue weighted by Gasteiger charge is 2.23. The molecule has 0 unspecified atom stereocenters. The van der Waals surface area contributed by atoms with Crippen LogP contribution in [-0.2, 0) is 0 Å². The third-order valence-corrected chi connectivity index (χ3v) is 29.7. The Bertz CT molecular complexity index is 9820. The first-order chi connectivity index (χ1) is 69.9. The van der Waals surface area contributed by atoms with Gasteiger partial charge in [0.15, 0.2) is 0 Å². The summed E-state index contributed by atoms with van der Waals surface area (Å²) in [5, 5.41) is 20.1. The second-order valence-electron chi connectivity index (χ2n) is 36.6. The Morgan fingerprint density at radius 1 is 0.149 bits per heavy atom. The zero-order valence-electron chi connectivity index (χ0n) is 76.8. The predicted molar refractivity (Wildman–Crippen MR) is 599 cm³/mol. The molecule has 29 aromatic rings. The van der Waals surface area contributed by atoms with Crippen molar-refractivity contribution in [1.29, 1.82) is 0 Å². The number of nitrogens with zero attached hydrogens (tertiary/aromatic N) is 5. The molecule has 0 atom stereocenters. The molecule has 0 saturated carbocycles. The Morgan fingerprint density at radius 3 is 0.887 bits per heavy atom. The van der Waals surface area contributed by atoms with Crippen molar-refractivity contribution in [2.24, 2.45) is 0 Å². The van der Waals surface area contributed by atoms with Crippen LogP contribution in [0.5, 0.6) is 0 Å². The van der Waals surface area contributed by atoms with Gasteiger partial charge in [0.1, 0.15) is 11.2 Å². The maximum absolute atomic E-state index is 6.14. The van der Waals surface area contributed by atoms with E-state index in [4.69, 9.17) is 4.42 Å². The summed E-state index contributed by atoms with van der Waals surface area (Å²) in [6.45, 7) is 0. The zero-order chi connectivity index (χ0) is 93.0. The summed E-state index contributed by atoms with van der Waals surface area (Å²) in [4.78, 5) is 2.33. The van der Waals surface area contributed by atoms with E-state index >= 15 is 0 Å². The standard InChI is InChI=1S/C48H30N2S.C44H31N.C42H26N2O/c1-2-10-35(11-3-1)49-43-15-7-4-12-37(43)40-28-33(20-25-45(40)49)34-21-26-46-41(29-34)38-13-5-8-16-44(38)50(46)36-23-18-31(19-24-36)32-22-27-48-42(30-32)39-14-6-9-17-47(39)51-48;1-3-9-32(10-4-1)34-19-25-40(26-20-34)45(41-27-21-35(22-28-41)33-11-5-2-6-12-33)42-29-23-36(24-30-42)39-18-17-38-16-15-37-13-7-8-14-43(37)44(38)31-39;1-2-10-29(11-3-1)43-37-15-7-4-12-31(37)34-24-27(18-21-39(34)43)28-19-22-40-35(25-28)32-13-5-8-16-38(32)44(40)30-20-23-42-36(26-30)33-14-6-9-17-41(33)45-42/h1-30H;1-31H;1-26H. The van der Waals surface area contributed by atoms with Crippen molar-refractivity contribution in [3.8, 4) is 89.5 Å². The highest BCUT2D eigenvalue weighted by Crippen LogP contribution is 2.46. The highest BCUT2D eigenvalue weighted by molar-refractivity contribution is 7.25. The van der Waals surface area contributed by atoms with Gasteiger partial charge in [-0.15, -0.1) is 11.3 Å². The van der Waals surface area contributed by atoms with Crippen molar-refractivity contribution >= 4 is 179 Å². The maximum Gasteiger partial charge on any atom is 0.135 e. The molecule has 0 spiro atoms. The van der Waals surface area contributed by atoms with Crippen molar-refractivity contribution in [2.75, 3.05) is 4.90 Å². The molecule has 0 bridgehead atoms. The van der Waals surface area contributed by atoms with Gasteiger partial charge in [-0.05, 0) is 282 Å². The van der Waals surface area contributed by atoms with Crippen LogP contribution in [0.4, 0.5) is 17.1 Å². The van der Waals surface area contributed by atoms with E-state index in [9.17, 15) is 0 Å². The van der Waals surface area contributed by atoms with Gasteiger partial charge < -0.3 is 27.6 Å². The molecule has 0 fully saturated rings. The van der Waals surface area contributed by atoms with E-state index in [-0.39, 0.29) is 0 Å². The van der Waals surface area contributed by atoms with Crippen LogP contribution < -0.4 is 4.90 Å². The highest BCUT2D eigenvalue weighted by atomic mass is 32.1. The molecule has 7 heteroatoms. The number of hydrogen-bond donors (Lipinski definition) is 0. The van der Waals surface area contributed by atoms with Crippen LogP contribution in [0, 0.1) is 0 Å². The largest absolute Gasteiger partial charge is 0.456 e. The summed E-state index contributed by atoms with van der Waals surface area (Å²) in [6, 6.07) is 191. The minimum Gasteiger partial charge on any atom is -0.456 e. The topological polar surface area (TPSA) is 36.1 Å². The summed E-state index contributed by atoms with van der Waals surface area (Å²) in [5.41, 5.74) is 34.1. The van der Waals surface area contributed by atoms with Gasteiger partial charge in [-0.25, -0.2) is 0 Å². The molecular weight excluding hydrogens is 1730 g/mol. The number of anilines is 3. The Balaban J connectivity index is 0.000000106. The monoisotopic (exact) mass is 1810 g/mol. The van der Waals surface area contributed by atoms with Gasteiger partial charge in [0.25, 0.3) is 0 Å². The Labute approximate surface area is 818 Å². The van der Waals surface area contributed by atoms with E-state index in [1.807, 2.05) is 23.5 Å². The minimum atomic E-state index is 0.909. The molecule has 29 rings (SSSR count). The van der Waals surface area contributed by atoms with Crippen molar-refractivity contribution in [3.63, 3.8) is 0 Å². The predicted octanol–water partition coefficient (Wildman–Crippen LogP) is 37.5. The first-order valence-corrected chi connectivity index (χ1v) is 49.0. The Hall–Kier alpha value is -18.4. The molecule has 0 saturated heterocycles. The SMILES string of the molecule is c1ccc(-c2ccc(N(c3ccc(-c4ccccc4)cc3)c3ccc(-c4ccc5ccc6ccccc6c5c4)cc3)cc2)cc1.c1ccc(-n2c3ccccc3c3cc(-c4ccc5c(c4)c4ccccc4n5-c4ccc(-c5ccc6sc7ccccc7c6c5)cc4)ccc32)cc1.c1ccc(-n2c3ccccc3c3cc(-c4ccc5c(c4)c4ccccc4n5-c4ccc5oc6ccccc6c5c4)ccc32)cc1. The Morgan fingerprint density at radius 2 is 0.426 bits per heavy atom. The molecular formula is C134H87N5OS. The van der Waals surface area contributed by atoms with Crippen LogP contribution in [-0.4, -0.2) is 18.3 Å². The van der Waals surface area contributed by atoms with Crippen LogP contribution in [0.15, 0.2) is 532 Å². The van der Waals surface area contributed by atoms with E-state index < -0.39 is 0 Å². The molecule has 0 aliphatic heterocycles. The Kier molecular flexibility index (Phi) is 20.1. The maximum atomic E-state index is 6.14. The van der Waals surface area contributed by atoms with E-state index in [2.05, 4.69) is 539 Å². The number of para-hydroxylation sites is 7. The van der Waals surface area contributed by atoms with E-state index in [0.717, 1.165) is 50.4 Å². The molecule has 141 heavy (non-hydrogen) atoms. The van der Waals surface area contributed by atoms with E-state index in [1.54, 1.807) is 0 Å². The minimum absolute atomic E-state index is 0.909. The van der Waals surface area contributed by atoms with Gasteiger partial charge >= 0.3 is 0 Å². The second kappa shape index (κ2) is 34.4. The number of benzene rings is 23. The summed E-state index contributed by atoms with van der Waals surface area (Å²) in [5.74, 6) is 0. The van der Waals surface area contributed by atoms with Crippen LogP contribution in [0.1, 0.15) is 0 Å². The quantitative estimate of drug-likeness (QED) is 0.108. The molecule has 0 aliphatic carbocycles. The van der Waals surface area contributed by atoms with Crippen molar-refractivity contribution < 1.29 is 4.42 Å². The number of thiophene rings is 1. The summed E-state index contributed by atoms with van der Waals surface area (Å²) in [6.07, 6.45) is 0. The summed E-state index contributed by atoms with van der Waals surface area (Å²) < 4.78 is 18.3. The summed E-state index contributed by atoms with van der Waals surface area (Å²) >= 11 is 1.86. The van der Waals surface area contributed by atoms with Crippen LogP contribution >= 0.6 is 11.3 Å². The number of hydrogen-bond acceptors (Lipinski definition) is 3. The third-order valence-electron chi connectivity index (χ3n) is 28.5. The lowest BCUT2D eigenvalue weighted by molar-refractivity contribution is 0.669. The normalized spacial score (nSPS) is 11.7. The lowest BCUT2D eigenvalue weighted by Crippen LogP contribution is -2.09.